The molecule has 1 N–H and O–H groups in total. The second-order valence-electron chi connectivity index (χ2n) is 3.07. The first-order valence-electron chi connectivity index (χ1n) is 4.07. The van der Waals surface area contributed by atoms with Crippen LogP contribution < -0.4 is 0 Å². The van der Waals surface area contributed by atoms with Crippen molar-refractivity contribution < 1.29 is 19.2 Å². The van der Waals surface area contributed by atoms with E-state index in [1.807, 2.05) is 0 Å². The molecular weight excluding hydrogens is 205 g/mol. The number of halogens is 1. The number of rotatable bonds is 3. The van der Waals surface area contributed by atoms with Crippen molar-refractivity contribution >= 4 is 11.7 Å². The highest BCUT2D eigenvalue weighted by molar-refractivity contribution is 5.72. The van der Waals surface area contributed by atoms with Gasteiger partial charge in [-0.3, -0.25) is 14.9 Å². The molecule has 0 atom stereocenters. The Morgan fingerprint density at radius 3 is 2.67 bits per heavy atom. The second kappa shape index (κ2) is 4.04. The molecule has 0 radical (unpaired) electrons. The number of carboxylic acid groups (broad SMARTS) is 1. The maximum atomic E-state index is 13.3. The highest BCUT2D eigenvalue weighted by atomic mass is 19.1. The van der Waals surface area contributed by atoms with Crippen LogP contribution in [-0.4, -0.2) is 16.0 Å². The number of carboxylic acids is 1. The lowest BCUT2D eigenvalue weighted by Crippen LogP contribution is -2.06. The van der Waals surface area contributed by atoms with E-state index in [2.05, 4.69) is 0 Å². The highest BCUT2D eigenvalue weighted by Gasteiger charge is 2.21. The minimum Gasteiger partial charge on any atom is -0.481 e. The van der Waals surface area contributed by atoms with E-state index < -0.39 is 34.4 Å². The van der Waals surface area contributed by atoms with Gasteiger partial charge in [-0.05, 0) is 18.6 Å². The van der Waals surface area contributed by atoms with Gasteiger partial charge < -0.3 is 5.11 Å². The van der Waals surface area contributed by atoms with Crippen LogP contribution in [0.15, 0.2) is 12.1 Å². The van der Waals surface area contributed by atoms with Crippen LogP contribution in [0.3, 0.4) is 0 Å². The smallest absolute Gasteiger partial charge is 0.308 e. The van der Waals surface area contributed by atoms with Gasteiger partial charge in [-0.1, -0.05) is 0 Å². The standard InChI is InChI=1S/C9H8FNO4/c1-5-2-7(10)6(4-9(12)13)8(3-5)11(14)15/h2-3H,4H2,1H3,(H,12,13). The molecule has 0 aliphatic rings. The van der Waals surface area contributed by atoms with Gasteiger partial charge in [0.05, 0.1) is 16.9 Å². The second-order valence-corrected chi connectivity index (χ2v) is 3.07. The Morgan fingerprint density at radius 2 is 2.20 bits per heavy atom. The number of nitro groups is 1. The maximum absolute atomic E-state index is 13.3. The number of hydrogen-bond acceptors (Lipinski definition) is 3. The summed E-state index contributed by atoms with van der Waals surface area (Å²) in [7, 11) is 0. The summed E-state index contributed by atoms with van der Waals surface area (Å²) in [5, 5.41) is 19.0. The molecule has 1 aromatic carbocycles. The van der Waals surface area contributed by atoms with Crippen molar-refractivity contribution in [2.24, 2.45) is 0 Å². The van der Waals surface area contributed by atoms with Gasteiger partial charge in [0.1, 0.15) is 5.82 Å². The number of hydrogen-bond donors (Lipinski definition) is 1. The molecule has 0 fully saturated rings. The number of aryl methyl sites for hydroxylation is 1. The number of aliphatic carboxylic acids is 1. The average Bonchev–Trinajstić information content (AvgIpc) is 2.08. The molecule has 80 valence electrons. The van der Waals surface area contributed by atoms with Crippen molar-refractivity contribution in [1.29, 1.82) is 0 Å². The molecule has 0 amide bonds. The van der Waals surface area contributed by atoms with E-state index in [1.165, 1.54) is 6.92 Å². The molecule has 0 saturated carbocycles. The molecule has 5 nitrogen and oxygen atoms in total. The van der Waals surface area contributed by atoms with Crippen LogP contribution in [0.2, 0.25) is 0 Å². The lowest BCUT2D eigenvalue weighted by Gasteiger charge is -2.03. The Bertz CT molecular complexity index is 430. The summed E-state index contributed by atoms with van der Waals surface area (Å²) in [5.41, 5.74) is -0.499. The van der Waals surface area contributed by atoms with E-state index in [0.29, 0.717) is 5.56 Å². The number of carbonyl (C=O) groups is 1. The van der Waals surface area contributed by atoms with Crippen molar-refractivity contribution in [2.45, 2.75) is 13.3 Å². The minimum absolute atomic E-state index is 0.383. The largest absolute Gasteiger partial charge is 0.481 e. The van der Waals surface area contributed by atoms with Gasteiger partial charge in [0.25, 0.3) is 5.69 Å². The van der Waals surface area contributed by atoms with Gasteiger partial charge in [0.2, 0.25) is 0 Å². The molecule has 6 heteroatoms. The summed E-state index contributed by atoms with van der Waals surface area (Å²) in [5.74, 6) is -2.16. The molecule has 0 saturated heterocycles. The Morgan fingerprint density at radius 1 is 1.60 bits per heavy atom. The molecule has 0 bridgehead atoms. The summed E-state index contributed by atoms with van der Waals surface area (Å²) in [6.45, 7) is 1.50. The van der Waals surface area contributed by atoms with E-state index >= 15 is 0 Å². The Hall–Kier alpha value is -1.98. The number of benzene rings is 1. The van der Waals surface area contributed by atoms with Gasteiger partial charge in [-0.2, -0.15) is 0 Å². The van der Waals surface area contributed by atoms with Crippen LogP contribution in [0.1, 0.15) is 11.1 Å². The van der Waals surface area contributed by atoms with Crippen LogP contribution in [0.5, 0.6) is 0 Å². The van der Waals surface area contributed by atoms with Gasteiger partial charge in [-0.25, -0.2) is 4.39 Å². The summed E-state index contributed by atoms with van der Waals surface area (Å²) in [6.07, 6.45) is -0.692. The third-order valence-electron chi connectivity index (χ3n) is 1.84. The van der Waals surface area contributed by atoms with E-state index in [4.69, 9.17) is 5.11 Å². The van der Waals surface area contributed by atoms with E-state index in [1.54, 1.807) is 0 Å². The molecule has 0 unspecified atom stereocenters. The summed E-state index contributed by atoms with van der Waals surface area (Å²) in [6, 6.07) is 2.23. The monoisotopic (exact) mass is 213 g/mol. The topological polar surface area (TPSA) is 80.4 Å². The lowest BCUT2D eigenvalue weighted by atomic mass is 10.1. The first-order valence-corrected chi connectivity index (χ1v) is 4.07. The maximum Gasteiger partial charge on any atom is 0.308 e. The predicted octanol–water partition coefficient (Wildman–Crippen LogP) is 1.67. The van der Waals surface area contributed by atoms with Crippen molar-refractivity contribution in [3.8, 4) is 0 Å². The first-order chi connectivity index (χ1) is 6.91. The van der Waals surface area contributed by atoms with Gasteiger partial charge in [-0.15, -0.1) is 0 Å². The molecule has 1 rings (SSSR count). The first kappa shape index (κ1) is 11.1. The zero-order valence-electron chi connectivity index (χ0n) is 7.86. The molecule has 0 heterocycles. The van der Waals surface area contributed by atoms with E-state index in [9.17, 15) is 19.3 Å². The fourth-order valence-corrected chi connectivity index (χ4v) is 1.24. The normalized spacial score (nSPS) is 10.0. The van der Waals surface area contributed by atoms with Crippen molar-refractivity contribution in [2.75, 3.05) is 0 Å². The fraction of sp³-hybridized carbons (Fsp3) is 0.222. The SMILES string of the molecule is Cc1cc(F)c(CC(=O)O)c([N+](=O)[O-])c1. The summed E-state index contributed by atoms with van der Waals surface area (Å²) < 4.78 is 13.3. The van der Waals surface area contributed by atoms with Crippen molar-refractivity contribution in [3.05, 3.63) is 39.2 Å². The van der Waals surface area contributed by atoms with E-state index in [0.717, 1.165) is 12.1 Å². The Balaban J connectivity index is 3.33. The zero-order chi connectivity index (χ0) is 11.6. The number of nitrogens with zero attached hydrogens (tertiary/aromatic N) is 1. The third kappa shape index (κ3) is 2.49. The van der Waals surface area contributed by atoms with E-state index in [-0.39, 0.29) is 0 Å². The summed E-state index contributed by atoms with van der Waals surface area (Å²) in [4.78, 5) is 20.2. The van der Waals surface area contributed by atoms with Crippen LogP contribution in [0.4, 0.5) is 10.1 Å². The Labute approximate surface area is 84.3 Å². The molecule has 1 aromatic rings. The predicted molar refractivity (Wildman–Crippen MR) is 49.1 cm³/mol. The summed E-state index contributed by atoms with van der Waals surface area (Å²) >= 11 is 0. The molecule has 0 aliphatic carbocycles. The minimum atomic E-state index is -1.30. The van der Waals surface area contributed by atoms with Crippen LogP contribution in [0, 0.1) is 22.9 Å². The van der Waals surface area contributed by atoms with Gasteiger partial charge >= 0.3 is 5.97 Å². The quantitative estimate of drug-likeness (QED) is 0.611. The van der Waals surface area contributed by atoms with Crippen molar-refractivity contribution in [3.63, 3.8) is 0 Å². The van der Waals surface area contributed by atoms with Gasteiger partial charge in [0.15, 0.2) is 0 Å². The van der Waals surface area contributed by atoms with Crippen LogP contribution in [0.25, 0.3) is 0 Å². The molecule has 0 spiro atoms. The average molecular weight is 213 g/mol. The zero-order valence-corrected chi connectivity index (χ0v) is 7.86. The molecular formula is C9H8FNO4. The van der Waals surface area contributed by atoms with Crippen molar-refractivity contribution in [1.82, 2.24) is 0 Å². The highest BCUT2D eigenvalue weighted by Crippen LogP contribution is 2.23. The molecule has 0 aliphatic heterocycles. The molecule has 0 aromatic heterocycles. The third-order valence-corrected chi connectivity index (χ3v) is 1.84. The van der Waals surface area contributed by atoms with Gasteiger partial charge in [0, 0.05) is 6.07 Å². The lowest BCUT2D eigenvalue weighted by molar-refractivity contribution is -0.385. The van der Waals surface area contributed by atoms with Crippen LogP contribution >= 0.6 is 0 Å². The van der Waals surface area contributed by atoms with Crippen LogP contribution in [-0.2, 0) is 11.2 Å². The molecule has 15 heavy (non-hydrogen) atoms. The Kier molecular flexibility index (Phi) is 2.99. The fourth-order valence-electron chi connectivity index (χ4n) is 1.24. The number of nitro benzene ring substituents is 1.